The maximum Gasteiger partial charge on any atom is 0.214 e. The average molecular weight is 294 g/mol. The highest BCUT2D eigenvalue weighted by Crippen LogP contribution is 2.38. The largest absolute Gasteiger partial charge is 0.327 e. The van der Waals surface area contributed by atoms with Crippen molar-refractivity contribution in [3.05, 3.63) is 35.9 Å². The van der Waals surface area contributed by atoms with E-state index in [1.807, 2.05) is 30.3 Å². The van der Waals surface area contributed by atoms with Crippen molar-refractivity contribution in [2.75, 3.05) is 18.8 Å². The Bertz CT molecular complexity index is 558. The number of aryl methyl sites for hydroxylation is 1. The fourth-order valence-corrected chi connectivity index (χ4v) is 5.08. The number of hydrogen-bond acceptors (Lipinski definition) is 3. The Kier molecular flexibility index (Phi) is 3.84. The molecule has 1 aromatic carbocycles. The molecule has 2 aliphatic rings. The number of rotatable bonds is 4. The molecule has 1 heterocycles. The van der Waals surface area contributed by atoms with Crippen LogP contribution in [0.15, 0.2) is 30.3 Å². The summed E-state index contributed by atoms with van der Waals surface area (Å²) in [5, 5.41) is 0. The molecular formula is C15H22N2O2S. The van der Waals surface area contributed by atoms with Crippen LogP contribution in [0.4, 0.5) is 0 Å². The number of sulfonamides is 1. The summed E-state index contributed by atoms with van der Waals surface area (Å²) in [6, 6.07) is 9.98. The van der Waals surface area contributed by atoms with Gasteiger partial charge in [0.05, 0.1) is 5.75 Å². The maximum atomic E-state index is 12.4. The number of fused-ring (bicyclic) bond motifs is 1. The van der Waals surface area contributed by atoms with Crippen molar-refractivity contribution in [3.63, 3.8) is 0 Å². The Morgan fingerprint density at radius 2 is 1.90 bits per heavy atom. The van der Waals surface area contributed by atoms with Gasteiger partial charge in [0.2, 0.25) is 10.0 Å². The highest BCUT2D eigenvalue weighted by Gasteiger charge is 2.44. The highest BCUT2D eigenvalue weighted by atomic mass is 32.2. The molecule has 0 bridgehead atoms. The monoisotopic (exact) mass is 294 g/mol. The third-order valence-corrected chi connectivity index (χ3v) is 6.57. The first-order valence-electron chi connectivity index (χ1n) is 7.33. The fourth-order valence-electron chi connectivity index (χ4n) is 3.51. The van der Waals surface area contributed by atoms with Gasteiger partial charge in [0.15, 0.2) is 0 Å². The molecule has 0 amide bonds. The van der Waals surface area contributed by atoms with Gasteiger partial charge in [0.1, 0.15) is 0 Å². The van der Waals surface area contributed by atoms with Crippen LogP contribution in [0.2, 0.25) is 0 Å². The molecule has 0 aromatic heterocycles. The molecule has 4 nitrogen and oxygen atoms in total. The zero-order valence-corrected chi connectivity index (χ0v) is 12.4. The number of benzene rings is 1. The first kappa shape index (κ1) is 14.0. The van der Waals surface area contributed by atoms with Gasteiger partial charge in [-0.1, -0.05) is 30.3 Å². The molecule has 20 heavy (non-hydrogen) atoms. The molecule has 2 N–H and O–H groups in total. The van der Waals surface area contributed by atoms with E-state index in [0.717, 1.165) is 18.4 Å². The summed E-state index contributed by atoms with van der Waals surface area (Å²) in [6.45, 7) is 1.30. The van der Waals surface area contributed by atoms with Crippen LogP contribution >= 0.6 is 0 Å². The van der Waals surface area contributed by atoms with Gasteiger partial charge in [-0.25, -0.2) is 12.7 Å². The van der Waals surface area contributed by atoms with Crippen molar-refractivity contribution in [3.8, 4) is 0 Å². The SMILES string of the molecule is NC1CCC2CN(S(=O)(=O)CCc3ccccc3)CC12. The van der Waals surface area contributed by atoms with Crippen LogP contribution in [0.5, 0.6) is 0 Å². The first-order chi connectivity index (χ1) is 9.56. The second-order valence-corrected chi connectivity index (χ2v) is 8.12. The highest BCUT2D eigenvalue weighted by molar-refractivity contribution is 7.89. The summed E-state index contributed by atoms with van der Waals surface area (Å²) in [6.07, 6.45) is 2.71. The molecule has 1 saturated carbocycles. The van der Waals surface area contributed by atoms with Crippen molar-refractivity contribution in [1.82, 2.24) is 4.31 Å². The van der Waals surface area contributed by atoms with E-state index in [2.05, 4.69) is 0 Å². The number of nitrogens with two attached hydrogens (primary N) is 1. The van der Waals surface area contributed by atoms with Crippen LogP contribution in [0.1, 0.15) is 18.4 Å². The molecule has 1 saturated heterocycles. The Morgan fingerprint density at radius 3 is 2.60 bits per heavy atom. The first-order valence-corrected chi connectivity index (χ1v) is 8.94. The second-order valence-electron chi connectivity index (χ2n) is 6.03. The van der Waals surface area contributed by atoms with Gasteiger partial charge in [0, 0.05) is 19.1 Å². The quantitative estimate of drug-likeness (QED) is 0.908. The van der Waals surface area contributed by atoms with Crippen LogP contribution in [0, 0.1) is 11.8 Å². The number of nitrogens with zero attached hydrogens (tertiary/aromatic N) is 1. The minimum Gasteiger partial charge on any atom is -0.327 e. The van der Waals surface area contributed by atoms with Gasteiger partial charge < -0.3 is 5.73 Å². The lowest BCUT2D eigenvalue weighted by Crippen LogP contribution is -2.35. The van der Waals surface area contributed by atoms with E-state index in [-0.39, 0.29) is 11.8 Å². The Hall–Kier alpha value is -0.910. The molecular weight excluding hydrogens is 272 g/mol. The Balaban J connectivity index is 1.62. The lowest BCUT2D eigenvalue weighted by Gasteiger charge is -2.18. The normalized spacial score (nSPS) is 30.6. The summed E-state index contributed by atoms with van der Waals surface area (Å²) >= 11 is 0. The lowest BCUT2D eigenvalue weighted by atomic mass is 9.98. The zero-order valence-electron chi connectivity index (χ0n) is 11.6. The molecule has 1 aliphatic carbocycles. The molecule has 5 heteroatoms. The minimum atomic E-state index is -3.15. The molecule has 0 spiro atoms. The van der Waals surface area contributed by atoms with Crippen LogP contribution in [0.3, 0.4) is 0 Å². The zero-order chi connectivity index (χ0) is 14.2. The van der Waals surface area contributed by atoms with E-state index >= 15 is 0 Å². The molecule has 3 rings (SSSR count). The predicted octanol–water partition coefficient (Wildman–Crippen LogP) is 1.23. The molecule has 1 aromatic rings. The van der Waals surface area contributed by atoms with Gasteiger partial charge >= 0.3 is 0 Å². The van der Waals surface area contributed by atoms with Crippen LogP contribution in [0.25, 0.3) is 0 Å². The Labute approximate surface area is 121 Å². The smallest absolute Gasteiger partial charge is 0.214 e. The van der Waals surface area contributed by atoms with E-state index in [4.69, 9.17) is 5.73 Å². The van der Waals surface area contributed by atoms with Crippen LogP contribution < -0.4 is 5.73 Å². The second kappa shape index (κ2) is 5.47. The van der Waals surface area contributed by atoms with Crippen molar-refractivity contribution in [2.24, 2.45) is 17.6 Å². The molecule has 3 atom stereocenters. The molecule has 3 unspecified atom stereocenters. The third kappa shape index (κ3) is 2.75. The topological polar surface area (TPSA) is 63.4 Å². The van der Waals surface area contributed by atoms with Gasteiger partial charge in [-0.3, -0.25) is 0 Å². The summed E-state index contributed by atoms with van der Waals surface area (Å²) in [4.78, 5) is 0. The lowest BCUT2D eigenvalue weighted by molar-refractivity contribution is 0.427. The van der Waals surface area contributed by atoms with E-state index in [1.54, 1.807) is 4.31 Å². The van der Waals surface area contributed by atoms with Crippen LogP contribution in [-0.4, -0.2) is 37.6 Å². The molecule has 1 aliphatic heterocycles. The van der Waals surface area contributed by atoms with E-state index in [1.165, 1.54) is 0 Å². The van der Waals surface area contributed by atoms with Crippen LogP contribution in [-0.2, 0) is 16.4 Å². The van der Waals surface area contributed by atoms with E-state index in [9.17, 15) is 8.42 Å². The summed E-state index contributed by atoms with van der Waals surface area (Å²) in [5.41, 5.74) is 7.15. The van der Waals surface area contributed by atoms with Gasteiger partial charge in [-0.15, -0.1) is 0 Å². The van der Waals surface area contributed by atoms with Gasteiger partial charge in [-0.2, -0.15) is 0 Å². The van der Waals surface area contributed by atoms with Gasteiger partial charge in [-0.05, 0) is 36.7 Å². The summed E-state index contributed by atoms with van der Waals surface area (Å²) in [7, 11) is -3.15. The average Bonchev–Trinajstić information content (AvgIpc) is 3.01. The van der Waals surface area contributed by atoms with Crippen molar-refractivity contribution >= 4 is 10.0 Å². The molecule has 2 fully saturated rings. The number of hydrogen-bond donors (Lipinski definition) is 1. The third-order valence-electron chi connectivity index (χ3n) is 4.76. The van der Waals surface area contributed by atoms with Crippen molar-refractivity contribution in [1.29, 1.82) is 0 Å². The van der Waals surface area contributed by atoms with Crippen molar-refractivity contribution in [2.45, 2.75) is 25.3 Å². The maximum absolute atomic E-state index is 12.4. The minimum absolute atomic E-state index is 0.189. The molecule has 110 valence electrons. The van der Waals surface area contributed by atoms with Gasteiger partial charge in [0.25, 0.3) is 0 Å². The summed E-state index contributed by atoms with van der Waals surface area (Å²) < 4.78 is 26.5. The standard InChI is InChI=1S/C15H22N2O2S/c16-15-7-6-13-10-17(11-14(13)15)20(18,19)9-8-12-4-2-1-3-5-12/h1-5,13-15H,6-11,16H2. The van der Waals surface area contributed by atoms with Crippen molar-refractivity contribution < 1.29 is 8.42 Å². The summed E-state index contributed by atoms with van der Waals surface area (Å²) in [5.74, 6) is 1.06. The fraction of sp³-hybridized carbons (Fsp3) is 0.600. The Morgan fingerprint density at radius 1 is 1.15 bits per heavy atom. The van der Waals surface area contributed by atoms with E-state index in [0.29, 0.717) is 31.3 Å². The predicted molar refractivity (Wildman–Crippen MR) is 79.7 cm³/mol. The van der Waals surface area contributed by atoms with E-state index < -0.39 is 10.0 Å². The molecule has 0 radical (unpaired) electrons.